The van der Waals surface area contributed by atoms with Gasteiger partial charge in [-0.25, -0.2) is 0 Å². The van der Waals surface area contributed by atoms with E-state index < -0.39 is 39.4 Å². The molecule has 1 spiro atoms. The summed E-state index contributed by atoms with van der Waals surface area (Å²) in [6.45, 7) is 7.82. The van der Waals surface area contributed by atoms with Crippen molar-refractivity contribution in [1.29, 1.82) is 0 Å². The first-order valence-corrected chi connectivity index (χ1v) is 15.4. The normalized spacial score (nSPS) is 28.5. The Labute approximate surface area is 250 Å². The number of rotatable bonds is 9. The predicted molar refractivity (Wildman–Crippen MR) is 165 cm³/mol. The lowest BCUT2D eigenvalue weighted by Gasteiger charge is -2.39. The molecule has 0 aliphatic carbocycles. The third kappa shape index (κ3) is 4.26. The Morgan fingerprint density at radius 3 is 2.52 bits per heavy atom. The first-order valence-electron chi connectivity index (χ1n) is 14.6. The highest BCUT2D eigenvalue weighted by atomic mass is 32.2. The van der Waals surface area contributed by atoms with E-state index in [1.807, 2.05) is 79.7 Å². The molecule has 0 saturated carbocycles. The number of benzene rings is 3. The molecular weight excluding hydrogens is 548 g/mol. The number of anilines is 1. The van der Waals surface area contributed by atoms with E-state index in [2.05, 4.69) is 6.58 Å². The maximum atomic E-state index is 15.0. The Balaban J connectivity index is 1.50. The van der Waals surface area contributed by atoms with Gasteiger partial charge in [0.05, 0.1) is 35.8 Å². The third-order valence-corrected chi connectivity index (χ3v) is 11.3. The first-order chi connectivity index (χ1) is 20.3. The van der Waals surface area contributed by atoms with E-state index in [-0.39, 0.29) is 31.6 Å². The van der Waals surface area contributed by atoms with E-state index in [9.17, 15) is 19.5 Å². The molecule has 1 N–H and O–H groups in total. The number of hydrogen-bond donors (Lipinski definition) is 1. The highest BCUT2D eigenvalue weighted by Crippen LogP contribution is 2.72. The molecule has 8 heteroatoms. The quantitative estimate of drug-likeness (QED) is 0.277. The van der Waals surface area contributed by atoms with Crippen LogP contribution in [0.1, 0.15) is 38.3 Å². The number of nitrogens with zero attached hydrogens (tertiary/aromatic N) is 2. The summed E-state index contributed by atoms with van der Waals surface area (Å²) in [4.78, 5) is 46.3. The van der Waals surface area contributed by atoms with Crippen molar-refractivity contribution in [3.05, 3.63) is 91.0 Å². The van der Waals surface area contributed by atoms with Crippen LogP contribution in [0, 0.1) is 11.8 Å². The molecular formula is C34H36N2O5S. The standard InChI is InChI=1S/C34H36N2O5S/c1-4-19-35(25-16-15-22-11-9-10-14-24(22)20-25)31(39)29-34-18-17-33(3,42-34)28(32(40)41-5-2)27(34)30(38)36(29)26(21-37)23-12-7-6-8-13-23/h4,6-16,20,26-29,37H,1,5,17-19,21H2,2-3H3/t26-,27+,28-,29?,33+,34?/m1/s1. The van der Waals surface area contributed by atoms with Crippen molar-refractivity contribution in [2.24, 2.45) is 11.8 Å². The molecule has 6 atom stereocenters. The predicted octanol–water partition coefficient (Wildman–Crippen LogP) is 5.14. The maximum absolute atomic E-state index is 15.0. The Morgan fingerprint density at radius 1 is 1.12 bits per heavy atom. The molecule has 3 fully saturated rings. The minimum absolute atomic E-state index is 0.217. The molecule has 3 aromatic rings. The van der Waals surface area contributed by atoms with Crippen molar-refractivity contribution in [3.8, 4) is 0 Å². The topological polar surface area (TPSA) is 87.2 Å². The zero-order chi connectivity index (χ0) is 29.6. The summed E-state index contributed by atoms with van der Waals surface area (Å²) in [5.74, 6) is -2.31. The van der Waals surface area contributed by atoms with Crippen LogP contribution < -0.4 is 4.90 Å². The molecule has 2 bridgehead atoms. The third-order valence-electron chi connectivity index (χ3n) is 9.30. The van der Waals surface area contributed by atoms with Gasteiger partial charge >= 0.3 is 5.97 Å². The average molecular weight is 585 g/mol. The lowest BCUT2D eigenvalue weighted by molar-refractivity contribution is -0.155. The molecule has 3 aromatic carbocycles. The molecule has 2 amide bonds. The second-order valence-electron chi connectivity index (χ2n) is 11.6. The number of fused-ring (bicyclic) bond motifs is 2. The number of ether oxygens (including phenoxy) is 1. The number of hydrogen-bond acceptors (Lipinski definition) is 6. The largest absolute Gasteiger partial charge is 0.466 e. The number of esters is 1. The smallest absolute Gasteiger partial charge is 0.311 e. The number of likely N-dealkylation sites (tertiary alicyclic amines) is 1. The second kappa shape index (κ2) is 10.9. The summed E-state index contributed by atoms with van der Waals surface area (Å²) in [6, 6.07) is 21.5. The molecule has 2 unspecified atom stereocenters. The fraction of sp³-hybridized carbons (Fsp3) is 0.382. The van der Waals surface area contributed by atoms with Gasteiger partial charge in [0.15, 0.2) is 0 Å². The van der Waals surface area contributed by atoms with Crippen LogP contribution in [0.4, 0.5) is 5.69 Å². The van der Waals surface area contributed by atoms with Gasteiger partial charge in [-0.1, -0.05) is 66.7 Å². The molecule has 3 saturated heterocycles. The van der Waals surface area contributed by atoms with Gasteiger partial charge in [-0.2, -0.15) is 0 Å². The zero-order valence-corrected chi connectivity index (χ0v) is 24.8. The monoisotopic (exact) mass is 584 g/mol. The Hall–Kier alpha value is -3.62. The van der Waals surface area contributed by atoms with Crippen molar-refractivity contribution < 1.29 is 24.2 Å². The highest BCUT2D eigenvalue weighted by molar-refractivity contribution is 8.02. The van der Waals surface area contributed by atoms with Gasteiger partial charge < -0.3 is 19.6 Å². The van der Waals surface area contributed by atoms with E-state index >= 15 is 0 Å². The van der Waals surface area contributed by atoms with Crippen LogP contribution in [0.15, 0.2) is 85.5 Å². The fourth-order valence-corrected chi connectivity index (χ4v) is 9.87. The highest BCUT2D eigenvalue weighted by Gasteiger charge is 2.78. The van der Waals surface area contributed by atoms with Crippen LogP contribution in [0.2, 0.25) is 0 Å². The molecule has 6 rings (SSSR count). The second-order valence-corrected chi connectivity index (χ2v) is 13.5. The summed E-state index contributed by atoms with van der Waals surface area (Å²) in [6.07, 6.45) is 2.99. The summed E-state index contributed by atoms with van der Waals surface area (Å²) >= 11 is 1.60. The lowest BCUT2D eigenvalue weighted by atomic mass is 9.66. The van der Waals surface area contributed by atoms with Crippen molar-refractivity contribution in [3.63, 3.8) is 0 Å². The van der Waals surface area contributed by atoms with Crippen LogP contribution in [0.3, 0.4) is 0 Å². The van der Waals surface area contributed by atoms with E-state index in [0.717, 1.165) is 16.3 Å². The van der Waals surface area contributed by atoms with Gasteiger partial charge in [-0.05, 0) is 55.2 Å². The van der Waals surface area contributed by atoms with Crippen LogP contribution in [-0.2, 0) is 19.1 Å². The molecule has 7 nitrogen and oxygen atoms in total. The zero-order valence-electron chi connectivity index (χ0n) is 23.9. The summed E-state index contributed by atoms with van der Waals surface area (Å²) < 4.78 is 4.16. The fourth-order valence-electron chi connectivity index (χ4n) is 7.54. The van der Waals surface area contributed by atoms with Gasteiger partial charge in [0.25, 0.3) is 5.91 Å². The first kappa shape index (κ1) is 28.5. The van der Waals surface area contributed by atoms with Gasteiger partial charge in [-0.3, -0.25) is 14.4 Å². The van der Waals surface area contributed by atoms with Crippen molar-refractivity contribution in [2.45, 2.75) is 48.3 Å². The van der Waals surface area contributed by atoms with Crippen LogP contribution in [0.5, 0.6) is 0 Å². The van der Waals surface area contributed by atoms with Crippen molar-refractivity contribution in [1.82, 2.24) is 4.90 Å². The number of carbonyl (C=O) groups is 3. The molecule has 218 valence electrons. The Bertz CT molecular complexity index is 1550. The van der Waals surface area contributed by atoms with E-state index in [0.29, 0.717) is 18.5 Å². The Morgan fingerprint density at radius 2 is 1.83 bits per heavy atom. The number of aliphatic hydroxyl groups excluding tert-OH is 1. The number of amides is 2. The summed E-state index contributed by atoms with van der Waals surface area (Å²) in [5.41, 5.74) is 1.44. The molecule has 0 aromatic heterocycles. The van der Waals surface area contributed by atoms with Crippen LogP contribution >= 0.6 is 11.8 Å². The minimum Gasteiger partial charge on any atom is -0.466 e. The van der Waals surface area contributed by atoms with Gasteiger partial charge in [0.2, 0.25) is 5.91 Å². The van der Waals surface area contributed by atoms with Crippen molar-refractivity contribution >= 4 is 46.0 Å². The van der Waals surface area contributed by atoms with E-state index in [1.54, 1.807) is 34.6 Å². The SMILES string of the molecule is C=CCN(C(=O)C1N([C@H](CO)c2ccccc2)C(=O)[C@@H]2[C@H](C(=O)OCC)[C@]3(C)CCC12S3)c1ccc2ccccc2c1. The van der Waals surface area contributed by atoms with E-state index in [1.165, 1.54) is 0 Å². The van der Waals surface area contributed by atoms with Gasteiger partial charge in [0.1, 0.15) is 6.04 Å². The molecule has 3 aliphatic heterocycles. The molecule has 3 heterocycles. The summed E-state index contributed by atoms with van der Waals surface area (Å²) in [7, 11) is 0. The van der Waals surface area contributed by atoms with Gasteiger partial charge in [-0.15, -0.1) is 18.3 Å². The molecule has 42 heavy (non-hydrogen) atoms. The maximum Gasteiger partial charge on any atom is 0.311 e. The van der Waals surface area contributed by atoms with E-state index in [4.69, 9.17) is 4.74 Å². The molecule has 0 radical (unpaired) electrons. The van der Waals surface area contributed by atoms with Gasteiger partial charge in [0, 0.05) is 17.0 Å². The number of aliphatic hydroxyl groups is 1. The number of thioether (sulfide) groups is 1. The lowest BCUT2D eigenvalue weighted by Crippen LogP contribution is -2.56. The minimum atomic E-state index is -0.898. The van der Waals surface area contributed by atoms with Crippen LogP contribution in [-0.4, -0.2) is 63.1 Å². The average Bonchev–Trinajstić information content (AvgIpc) is 3.57. The molecule has 3 aliphatic rings. The number of carbonyl (C=O) groups excluding carboxylic acids is 3. The van der Waals surface area contributed by atoms with Crippen LogP contribution in [0.25, 0.3) is 10.8 Å². The summed E-state index contributed by atoms with van der Waals surface area (Å²) in [5, 5.41) is 12.8. The van der Waals surface area contributed by atoms with Crippen molar-refractivity contribution in [2.75, 3.05) is 24.7 Å². The Kier molecular flexibility index (Phi) is 7.39.